The molecule has 1 atom stereocenters. The van der Waals surface area contributed by atoms with Crippen LogP contribution in [0, 0.1) is 5.92 Å². The van der Waals surface area contributed by atoms with Crippen LogP contribution in [0.15, 0.2) is 22.7 Å². The van der Waals surface area contributed by atoms with E-state index in [-0.39, 0.29) is 5.91 Å². The highest BCUT2D eigenvalue weighted by molar-refractivity contribution is 9.10. The van der Waals surface area contributed by atoms with E-state index in [0.29, 0.717) is 16.5 Å². The molecule has 0 N–H and O–H groups in total. The molecule has 92 valence electrons. The lowest BCUT2D eigenvalue weighted by Crippen LogP contribution is -2.39. The molecule has 0 saturated carbocycles. The van der Waals surface area contributed by atoms with Crippen molar-refractivity contribution in [2.45, 2.75) is 19.8 Å². The van der Waals surface area contributed by atoms with E-state index in [2.05, 4.69) is 22.9 Å². The van der Waals surface area contributed by atoms with Crippen molar-refractivity contribution in [1.82, 2.24) is 4.90 Å². The topological polar surface area (TPSA) is 20.3 Å². The number of benzene rings is 1. The monoisotopic (exact) mass is 315 g/mol. The van der Waals surface area contributed by atoms with Gasteiger partial charge < -0.3 is 4.90 Å². The van der Waals surface area contributed by atoms with Crippen LogP contribution >= 0.6 is 27.5 Å². The fourth-order valence-electron chi connectivity index (χ4n) is 2.23. The maximum absolute atomic E-state index is 12.3. The van der Waals surface area contributed by atoms with Gasteiger partial charge in [0.2, 0.25) is 0 Å². The third-order valence-electron chi connectivity index (χ3n) is 3.05. The van der Waals surface area contributed by atoms with Crippen LogP contribution in [0.3, 0.4) is 0 Å². The number of amides is 1. The van der Waals surface area contributed by atoms with Crippen LogP contribution in [-0.2, 0) is 0 Å². The summed E-state index contributed by atoms with van der Waals surface area (Å²) in [4.78, 5) is 14.2. The largest absolute Gasteiger partial charge is 0.338 e. The summed E-state index contributed by atoms with van der Waals surface area (Å²) in [5, 5.41) is 0.591. The number of carbonyl (C=O) groups is 1. The van der Waals surface area contributed by atoms with Crippen LogP contribution < -0.4 is 0 Å². The van der Waals surface area contributed by atoms with E-state index in [1.165, 1.54) is 6.42 Å². The average molecular weight is 317 g/mol. The van der Waals surface area contributed by atoms with Crippen molar-refractivity contribution in [3.8, 4) is 0 Å². The highest BCUT2D eigenvalue weighted by atomic mass is 79.9. The SMILES string of the molecule is CC1CCCN(C(=O)c2cc(Cl)cc(Br)c2)C1. The molecule has 1 heterocycles. The van der Waals surface area contributed by atoms with E-state index < -0.39 is 0 Å². The van der Waals surface area contributed by atoms with Crippen molar-refractivity contribution >= 4 is 33.4 Å². The van der Waals surface area contributed by atoms with E-state index in [4.69, 9.17) is 11.6 Å². The van der Waals surface area contributed by atoms with E-state index >= 15 is 0 Å². The molecule has 0 aliphatic carbocycles. The van der Waals surface area contributed by atoms with Crippen LogP contribution in [0.2, 0.25) is 5.02 Å². The molecule has 0 radical (unpaired) electrons. The van der Waals surface area contributed by atoms with Gasteiger partial charge in [0.15, 0.2) is 0 Å². The summed E-state index contributed by atoms with van der Waals surface area (Å²) < 4.78 is 0.846. The van der Waals surface area contributed by atoms with E-state index in [1.54, 1.807) is 12.1 Å². The van der Waals surface area contributed by atoms with E-state index in [1.807, 2.05) is 11.0 Å². The van der Waals surface area contributed by atoms with Crippen molar-refractivity contribution < 1.29 is 4.79 Å². The molecule has 2 nitrogen and oxygen atoms in total. The minimum Gasteiger partial charge on any atom is -0.338 e. The fraction of sp³-hybridized carbons (Fsp3) is 0.462. The predicted octanol–water partition coefficient (Wildman–Crippen LogP) is 3.97. The molecule has 1 aromatic carbocycles. The second kappa shape index (κ2) is 5.40. The van der Waals surface area contributed by atoms with Gasteiger partial charge in [-0.2, -0.15) is 0 Å². The van der Waals surface area contributed by atoms with Crippen molar-refractivity contribution in [1.29, 1.82) is 0 Å². The van der Waals surface area contributed by atoms with Gasteiger partial charge in [-0.3, -0.25) is 4.79 Å². The normalized spacial score (nSPS) is 20.4. The first-order valence-electron chi connectivity index (χ1n) is 5.81. The molecule has 1 saturated heterocycles. The maximum atomic E-state index is 12.3. The van der Waals surface area contributed by atoms with Gasteiger partial charge in [0.25, 0.3) is 5.91 Å². The molecule has 0 bridgehead atoms. The zero-order valence-electron chi connectivity index (χ0n) is 9.75. The standard InChI is InChI=1S/C13H15BrClNO/c1-9-3-2-4-16(8-9)13(17)10-5-11(14)7-12(15)6-10/h5-7,9H,2-4,8H2,1H3. The van der Waals surface area contributed by atoms with Crippen LogP contribution in [0.1, 0.15) is 30.1 Å². The number of carbonyl (C=O) groups excluding carboxylic acids is 1. The highest BCUT2D eigenvalue weighted by Crippen LogP contribution is 2.23. The Morgan fingerprint density at radius 2 is 2.24 bits per heavy atom. The quantitative estimate of drug-likeness (QED) is 0.767. The molecule has 2 rings (SSSR count). The van der Waals surface area contributed by atoms with Gasteiger partial charge in [0, 0.05) is 28.1 Å². The lowest BCUT2D eigenvalue weighted by Gasteiger charge is -2.31. The first-order valence-corrected chi connectivity index (χ1v) is 6.99. The molecule has 1 aromatic rings. The molecule has 4 heteroatoms. The molecular formula is C13H15BrClNO. The summed E-state index contributed by atoms with van der Waals surface area (Å²) in [5.41, 5.74) is 0.665. The smallest absolute Gasteiger partial charge is 0.253 e. The van der Waals surface area contributed by atoms with Gasteiger partial charge in [0.05, 0.1) is 0 Å². The van der Waals surface area contributed by atoms with Crippen LogP contribution in [0.25, 0.3) is 0 Å². The first-order chi connectivity index (χ1) is 8.06. The third kappa shape index (κ3) is 3.23. The summed E-state index contributed by atoms with van der Waals surface area (Å²) in [7, 11) is 0. The number of rotatable bonds is 1. The number of piperidine rings is 1. The Morgan fingerprint density at radius 3 is 2.88 bits per heavy atom. The molecular weight excluding hydrogens is 302 g/mol. The molecule has 1 fully saturated rings. The molecule has 1 aliphatic heterocycles. The first kappa shape index (κ1) is 12.9. The zero-order valence-corrected chi connectivity index (χ0v) is 12.1. The summed E-state index contributed by atoms with van der Waals surface area (Å²) in [5.74, 6) is 0.676. The van der Waals surface area contributed by atoms with Crippen LogP contribution in [0.5, 0.6) is 0 Å². The highest BCUT2D eigenvalue weighted by Gasteiger charge is 2.22. The summed E-state index contributed by atoms with van der Waals surface area (Å²) in [6.07, 6.45) is 2.30. The lowest BCUT2D eigenvalue weighted by atomic mass is 9.99. The van der Waals surface area contributed by atoms with Gasteiger partial charge in [-0.25, -0.2) is 0 Å². The predicted molar refractivity (Wildman–Crippen MR) is 73.5 cm³/mol. The Balaban J connectivity index is 2.18. The summed E-state index contributed by atoms with van der Waals surface area (Å²) in [6.45, 7) is 3.89. The van der Waals surface area contributed by atoms with E-state index in [0.717, 1.165) is 24.0 Å². The van der Waals surface area contributed by atoms with Gasteiger partial charge in [0.1, 0.15) is 0 Å². The Kier molecular flexibility index (Phi) is 4.10. The van der Waals surface area contributed by atoms with Crippen molar-refractivity contribution in [2.24, 2.45) is 5.92 Å². The summed E-state index contributed by atoms with van der Waals surface area (Å²) >= 11 is 9.32. The number of hydrogen-bond acceptors (Lipinski definition) is 1. The Bertz CT molecular complexity index is 415. The second-order valence-corrected chi connectivity index (χ2v) is 6.01. The van der Waals surface area contributed by atoms with Crippen LogP contribution in [0.4, 0.5) is 0 Å². The van der Waals surface area contributed by atoms with Crippen molar-refractivity contribution in [3.05, 3.63) is 33.3 Å². The maximum Gasteiger partial charge on any atom is 0.253 e. The molecule has 1 amide bonds. The average Bonchev–Trinajstić information content (AvgIpc) is 2.26. The Labute approximate surface area is 115 Å². The molecule has 0 spiro atoms. The van der Waals surface area contributed by atoms with Gasteiger partial charge >= 0.3 is 0 Å². The van der Waals surface area contributed by atoms with Crippen molar-refractivity contribution in [2.75, 3.05) is 13.1 Å². The molecule has 1 aliphatic rings. The van der Waals surface area contributed by atoms with E-state index in [9.17, 15) is 4.79 Å². The fourth-order valence-corrected chi connectivity index (χ4v) is 3.09. The Morgan fingerprint density at radius 1 is 1.47 bits per heavy atom. The lowest BCUT2D eigenvalue weighted by molar-refractivity contribution is 0.0683. The molecule has 0 aromatic heterocycles. The minimum atomic E-state index is 0.0831. The van der Waals surface area contributed by atoms with Crippen LogP contribution in [-0.4, -0.2) is 23.9 Å². The number of hydrogen-bond donors (Lipinski definition) is 0. The number of halogens is 2. The zero-order chi connectivity index (χ0) is 12.4. The van der Waals surface area contributed by atoms with Gasteiger partial charge in [-0.15, -0.1) is 0 Å². The molecule has 17 heavy (non-hydrogen) atoms. The van der Waals surface area contributed by atoms with Gasteiger partial charge in [-0.1, -0.05) is 34.5 Å². The second-order valence-electron chi connectivity index (χ2n) is 4.66. The Hall–Kier alpha value is -0.540. The number of likely N-dealkylation sites (tertiary alicyclic amines) is 1. The van der Waals surface area contributed by atoms with Gasteiger partial charge in [-0.05, 0) is 37.0 Å². The summed E-state index contributed by atoms with van der Waals surface area (Å²) in [6, 6.07) is 5.35. The third-order valence-corrected chi connectivity index (χ3v) is 3.73. The van der Waals surface area contributed by atoms with Crippen molar-refractivity contribution in [3.63, 3.8) is 0 Å². The number of nitrogens with zero attached hydrogens (tertiary/aromatic N) is 1. The molecule has 1 unspecified atom stereocenters. The minimum absolute atomic E-state index is 0.0831.